The molecular formula is C24H40O6. The van der Waals surface area contributed by atoms with E-state index >= 15 is 0 Å². The minimum atomic E-state index is -1.15. The molecule has 1 unspecified atom stereocenters. The summed E-state index contributed by atoms with van der Waals surface area (Å²) in [4.78, 5) is 24.2. The van der Waals surface area contributed by atoms with Gasteiger partial charge in [-0.3, -0.25) is 4.79 Å². The predicted molar refractivity (Wildman–Crippen MR) is 115 cm³/mol. The fourth-order valence-electron chi connectivity index (χ4n) is 3.86. The minimum absolute atomic E-state index is 0.119. The Morgan fingerprint density at radius 2 is 1.83 bits per heavy atom. The highest BCUT2D eigenvalue weighted by Gasteiger charge is 2.45. The molecule has 2 rings (SSSR count). The van der Waals surface area contributed by atoms with E-state index in [4.69, 9.17) is 14.2 Å². The Hall–Kier alpha value is -1.40. The highest BCUT2D eigenvalue weighted by molar-refractivity contribution is 5.91. The van der Waals surface area contributed by atoms with Crippen molar-refractivity contribution in [3.05, 3.63) is 11.6 Å². The fourth-order valence-corrected chi connectivity index (χ4v) is 3.86. The van der Waals surface area contributed by atoms with Crippen LogP contribution in [0.25, 0.3) is 0 Å². The molecule has 1 saturated heterocycles. The van der Waals surface area contributed by atoms with Gasteiger partial charge in [-0.15, -0.1) is 0 Å². The summed E-state index contributed by atoms with van der Waals surface area (Å²) in [6.07, 6.45) is 14.2. The summed E-state index contributed by atoms with van der Waals surface area (Å²) in [5, 5.41) is 9.74. The standard InChI is InChI=1S/C24H40O6/c1-23(2,3)22(27)29-18-24(17-25)16-19(21(26)30-24)12-8-6-4-5-7-11-15-28-20-13-9-10-14-20/h12,20,25H,4-11,13-18H2,1-3H3/b19-12+. The number of ether oxygens (including phenoxy) is 3. The number of rotatable bonds is 12. The first-order chi connectivity index (χ1) is 14.3. The Kier molecular flexibility index (Phi) is 9.82. The predicted octanol–water partition coefficient (Wildman–Crippen LogP) is 4.48. The van der Waals surface area contributed by atoms with Gasteiger partial charge in [-0.1, -0.05) is 38.2 Å². The Labute approximate surface area is 181 Å². The maximum atomic E-state index is 12.2. The highest BCUT2D eigenvalue weighted by atomic mass is 16.6. The van der Waals surface area contributed by atoms with Crippen LogP contribution in [-0.4, -0.2) is 48.6 Å². The van der Waals surface area contributed by atoms with Crippen LogP contribution in [0.15, 0.2) is 11.6 Å². The zero-order valence-electron chi connectivity index (χ0n) is 19.0. The van der Waals surface area contributed by atoms with Crippen molar-refractivity contribution in [2.75, 3.05) is 19.8 Å². The lowest BCUT2D eigenvalue weighted by molar-refractivity contribution is -0.171. The Morgan fingerprint density at radius 1 is 1.17 bits per heavy atom. The molecule has 172 valence electrons. The monoisotopic (exact) mass is 424 g/mol. The van der Waals surface area contributed by atoms with Crippen molar-refractivity contribution in [3.63, 3.8) is 0 Å². The smallest absolute Gasteiger partial charge is 0.334 e. The van der Waals surface area contributed by atoms with Crippen LogP contribution in [0.5, 0.6) is 0 Å². The highest BCUT2D eigenvalue weighted by Crippen LogP contribution is 2.32. The van der Waals surface area contributed by atoms with Gasteiger partial charge in [0.2, 0.25) is 0 Å². The number of aliphatic hydroxyl groups is 1. The summed E-state index contributed by atoms with van der Waals surface area (Å²) in [6, 6.07) is 0. The Bertz CT molecular complexity index is 585. The van der Waals surface area contributed by atoms with Gasteiger partial charge in [-0.05, 0) is 52.9 Å². The maximum Gasteiger partial charge on any atom is 0.334 e. The van der Waals surface area contributed by atoms with Gasteiger partial charge in [0.25, 0.3) is 0 Å². The van der Waals surface area contributed by atoms with E-state index in [1.807, 2.05) is 6.08 Å². The number of hydrogen-bond acceptors (Lipinski definition) is 6. The molecule has 1 heterocycles. The van der Waals surface area contributed by atoms with Gasteiger partial charge in [-0.2, -0.15) is 0 Å². The van der Waals surface area contributed by atoms with Gasteiger partial charge in [0.15, 0.2) is 5.60 Å². The van der Waals surface area contributed by atoms with Crippen molar-refractivity contribution >= 4 is 11.9 Å². The van der Waals surface area contributed by atoms with E-state index in [9.17, 15) is 14.7 Å². The average Bonchev–Trinajstić information content (AvgIpc) is 3.32. The van der Waals surface area contributed by atoms with Crippen LogP contribution in [0, 0.1) is 5.41 Å². The van der Waals surface area contributed by atoms with Crippen molar-refractivity contribution in [1.29, 1.82) is 0 Å². The summed E-state index contributed by atoms with van der Waals surface area (Å²) < 4.78 is 16.6. The number of aliphatic hydroxyl groups excluding tert-OH is 1. The summed E-state index contributed by atoms with van der Waals surface area (Å²) in [5.41, 5.74) is -1.22. The molecule has 30 heavy (non-hydrogen) atoms. The molecule has 0 spiro atoms. The van der Waals surface area contributed by atoms with Crippen molar-refractivity contribution in [2.45, 2.75) is 103 Å². The van der Waals surface area contributed by atoms with Gasteiger partial charge in [0.1, 0.15) is 6.61 Å². The van der Waals surface area contributed by atoms with E-state index in [-0.39, 0.29) is 25.6 Å². The van der Waals surface area contributed by atoms with Crippen molar-refractivity contribution in [1.82, 2.24) is 0 Å². The van der Waals surface area contributed by atoms with E-state index in [0.29, 0.717) is 11.7 Å². The van der Waals surface area contributed by atoms with Crippen LogP contribution in [0.2, 0.25) is 0 Å². The molecule has 1 N–H and O–H groups in total. The molecule has 1 aliphatic heterocycles. The van der Waals surface area contributed by atoms with Gasteiger partial charge in [-0.25, -0.2) is 4.79 Å². The second kappa shape index (κ2) is 11.8. The van der Waals surface area contributed by atoms with E-state index in [0.717, 1.165) is 32.3 Å². The van der Waals surface area contributed by atoms with Crippen molar-refractivity contribution in [2.24, 2.45) is 5.41 Å². The van der Waals surface area contributed by atoms with Crippen LogP contribution in [0.4, 0.5) is 0 Å². The number of hydrogen-bond donors (Lipinski definition) is 1. The number of carbonyl (C=O) groups is 2. The van der Waals surface area contributed by atoms with Crippen LogP contribution < -0.4 is 0 Å². The molecule has 1 saturated carbocycles. The van der Waals surface area contributed by atoms with Crippen LogP contribution in [0.3, 0.4) is 0 Å². The largest absolute Gasteiger partial charge is 0.461 e. The molecule has 0 radical (unpaired) electrons. The topological polar surface area (TPSA) is 82.1 Å². The average molecular weight is 425 g/mol. The molecule has 6 nitrogen and oxygen atoms in total. The summed E-state index contributed by atoms with van der Waals surface area (Å²) >= 11 is 0. The molecule has 1 atom stereocenters. The third-order valence-corrected chi connectivity index (χ3v) is 5.85. The van der Waals surface area contributed by atoms with E-state index < -0.39 is 17.0 Å². The first-order valence-electron chi connectivity index (χ1n) is 11.6. The van der Waals surface area contributed by atoms with E-state index in [1.54, 1.807) is 20.8 Å². The third kappa shape index (κ3) is 8.03. The van der Waals surface area contributed by atoms with Gasteiger partial charge in [0.05, 0.1) is 18.1 Å². The van der Waals surface area contributed by atoms with Crippen LogP contribution >= 0.6 is 0 Å². The van der Waals surface area contributed by atoms with Crippen molar-refractivity contribution in [3.8, 4) is 0 Å². The molecule has 0 amide bonds. The normalized spacial score (nSPS) is 23.9. The number of carbonyl (C=O) groups excluding carboxylic acids is 2. The van der Waals surface area contributed by atoms with E-state index in [1.165, 1.54) is 38.5 Å². The van der Waals surface area contributed by atoms with Crippen LogP contribution in [-0.2, 0) is 23.8 Å². The second-order valence-corrected chi connectivity index (χ2v) is 9.80. The summed E-state index contributed by atoms with van der Waals surface area (Å²) in [7, 11) is 0. The Morgan fingerprint density at radius 3 is 2.50 bits per heavy atom. The first-order valence-corrected chi connectivity index (χ1v) is 11.6. The molecule has 0 aromatic rings. The number of unbranched alkanes of at least 4 members (excludes halogenated alkanes) is 5. The molecule has 0 aromatic heterocycles. The number of esters is 2. The lowest BCUT2D eigenvalue weighted by atomic mass is 9.96. The molecule has 0 aromatic carbocycles. The van der Waals surface area contributed by atoms with Gasteiger partial charge >= 0.3 is 11.9 Å². The SMILES string of the molecule is CC(C)(C)C(=O)OCC1(CO)C/C(=C\CCCCCCCOC2CCCC2)C(=O)O1. The molecule has 1 aliphatic carbocycles. The molecule has 2 fully saturated rings. The lowest BCUT2D eigenvalue weighted by Gasteiger charge is -2.26. The zero-order chi connectivity index (χ0) is 22.0. The number of cyclic esters (lactones) is 1. The maximum absolute atomic E-state index is 12.2. The summed E-state index contributed by atoms with van der Waals surface area (Å²) in [5.74, 6) is -0.794. The molecule has 6 heteroatoms. The molecule has 2 aliphatic rings. The Balaban J connectivity index is 1.61. The quantitative estimate of drug-likeness (QED) is 0.283. The molecular weight excluding hydrogens is 384 g/mol. The summed E-state index contributed by atoms with van der Waals surface area (Å²) in [6.45, 7) is 5.67. The second-order valence-electron chi connectivity index (χ2n) is 9.80. The van der Waals surface area contributed by atoms with Crippen LogP contribution in [0.1, 0.15) is 91.4 Å². The molecule has 0 bridgehead atoms. The fraction of sp³-hybridized carbons (Fsp3) is 0.833. The minimum Gasteiger partial charge on any atom is -0.461 e. The zero-order valence-corrected chi connectivity index (χ0v) is 19.0. The first kappa shape index (κ1) is 24.9. The lowest BCUT2D eigenvalue weighted by Crippen LogP contribution is -2.40. The van der Waals surface area contributed by atoms with Crippen molar-refractivity contribution < 1.29 is 28.9 Å². The van der Waals surface area contributed by atoms with Gasteiger partial charge < -0.3 is 19.3 Å². The van der Waals surface area contributed by atoms with Gasteiger partial charge in [0, 0.05) is 18.6 Å². The van der Waals surface area contributed by atoms with E-state index in [2.05, 4.69) is 0 Å². The number of allylic oxidation sites excluding steroid dienone is 1. The third-order valence-electron chi connectivity index (χ3n) is 5.85.